The third kappa shape index (κ3) is 3.13. The number of nitrogens with zero attached hydrogens (tertiary/aromatic N) is 1. The highest BCUT2D eigenvalue weighted by Crippen LogP contribution is 2.44. The first-order valence-corrected chi connectivity index (χ1v) is 7.18. The smallest absolute Gasteiger partial charge is 0.315 e. The maximum atomic E-state index is 11.8. The highest BCUT2D eigenvalue weighted by molar-refractivity contribution is 5.82. The molecule has 0 radical (unpaired) electrons. The van der Waals surface area contributed by atoms with Gasteiger partial charge in [0.1, 0.15) is 0 Å². The number of hydrogen-bond donors (Lipinski definition) is 3. The minimum Gasteiger partial charge on any atom is -0.396 e. The molecule has 3 rings (SSSR count). The van der Waals surface area contributed by atoms with E-state index < -0.39 is 0 Å². The molecule has 0 aliphatic heterocycles. The monoisotopic (exact) mass is 285 g/mol. The second-order valence-electron chi connectivity index (χ2n) is 5.69. The van der Waals surface area contributed by atoms with E-state index in [4.69, 9.17) is 0 Å². The van der Waals surface area contributed by atoms with Crippen LogP contribution in [0.1, 0.15) is 18.4 Å². The number of pyridine rings is 1. The van der Waals surface area contributed by atoms with Gasteiger partial charge in [0.2, 0.25) is 0 Å². The molecular formula is C16H19N3O2. The number of urea groups is 1. The van der Waals surface area contributed by atoms with Crippen molar-refractivity contribution in [3.63, 3.8) is 0 Å². The zero-order chi connectivity index (χ0) is 14.7. The van der Waals surface area contributed by atoms with E-state index in [1.54, 1.807) is 6.20 Å². The molecule has 1 heterocycles. The Labute approximate surface area is 123 Å². The van der Waals surface area contributed by atoms with Crippen LogP contribution in [0.3, 0.4) is 0 Å². The molecule has 0 bridgehead atoms. The number of amides is 2. The Hall–Kier alpha value is -2.14. The van der Waals surface area contributed by atoms with Crippen LogP contribution in [0.15, 0.2) is 36.5 Å². The number of benzene rings is 1. The van der Waals surface area contributed by atoms with Crippen molar-refractivity contribution >= 4 is 16.9 Å². The van der Waals surface area contributed by atoms with Crippen molar-refractivity contribution in [3.05, 3.63) is 42.1 Å². The summed E-state index contributed by atoms with van der Waals surface area (Å²) in [4.78, 5) is 16.2. The maximum Gasteiger partial charge on any atom is 0.315 e. The van der Waals surface area contributed by atoms with Crippen LogP contribution in [0.4, 0.5) is 4.79 Å². The van der Waals surface area contributed by atoms with Crippen LogP contribution in [0.5, 0.6) is 0 Å². The number of hydrogen-bond acceptors (Lipinski definition) is 3. The molecule has 0 saturated heterocycles. The Bertz CT molecular complexity index is 648. The molecule has 3 N–H and O–H groups in total. The van der Waals surface area contributed by atoms with Gasteiger partial charge in [-0.1, -0.05) is 24.3 Å². The molecule has 1 aromatic heterocycles. The van der Waals surface area contributed by atoms with Crippen molar-refractivity contribution in [1.29, 1.82) is 0 Å². The fraction of sp³-hybridized carbons (Fsp3) is 0.375. The lowest BCUT2D eigenvalue weighted by Crippen LogP contribution is -2.39. The first kappa shape index (κ1) is 13.8. The normalized spacial score (nSPS) is 15.7. The first-order chi connectivity index (χ1) is 10.2. The minimum absolute atomic E-state index is 0.0711. The summed E-state index contributed by atoms with van der Waals surface area (Å²) in [5.41, 5.74) is 1.83. The molecule has 1 aliphatic carbocycles. The molecule has 1 saturated carbocycles. The maximum absolute atomic E-state index is 11.8. The van der Waals surface area contributed by atoms with Gasteiger partial charge in [-0.3, -0.25) is 4.98 Å². The second-order valence-corrected chi connectivity index (χ2v) is 5.69. The molecule has 5 nitrogen and oxygen atoms in total. The third-order valence-corrected chi connectivity index (χ3v) is 4.07. The number of aliphatic hydroxyl groups is 1. The van der Waals surface area contributed by atoms with Gasteiger partial charge in [0.25, 0.3) is 0 Å². The van der Waals surface area contributed by atoms with Gasteiger partial charge in [0.05, 0.1) is 12.1 Å². The lowest BCUT2D eigenvalue weighted by atomic mass is 10.1. The van der Waals surface area contributed by atoms with Crippen LogP contribution in [0, 0.1) is 5.41 Å². The van der Waals surface area contributed by atoms with E-state index in [1.807, 2.05) is 30.3 Å². The Balaban J connectivity index is 1.57. The van der Waals surface area contributed by atoms with Crippen molar-refractivity contribution in [2.75, 3.05) is 13.2 Å². The van der Waals surface area contributed by atoms with Crippen molar-refractivity contribution in [2.24, 2.45) is 5.41 Å². The average molecular weight is 285 g/mol. The lowest BCUT2D eigenvalue weighted by molar-refractivity contribution is 0.203. The van der Waals surface area contributed by atoms with Gasteiger partial charge in [0, 0.05) is 30.1 Å². The van der Waals surface area contributed by atoms with Gasteiger partial charge >= 0.3 is 6.03 Å². The molecule has 1 aromatic carbocycles. The summed E-state index contributed by atoms with van der Waals surface area (Å²) in [7, 11) is 0. The molecule has 0 atom stereocenters. The van der Waals surface area contributed by atoms with E-state index in [9.17, 15) is 9.90 Å². The molecule has 1 fully saturated rings. The molecule has 2 aromatic rings. The van der Waals surface area contributed by atoms with E-state index in [-0.39, 0.29) is 18.1 Å². The number of para-hydroxylation sites is 1. The van der Waals surface area contributed by atoms with Crippen LogP contribution >= 0.6 is 0 Å². The zero-order valence-electron chi connectivity index (χ0n) is 11.8. The van der Waals surface area contributed by atoms with Crippen molar-refractivity contribution < 1.29 is 9.90 Å². The number of carbonyl (C=O) groups is 1. The summed E-state index contributed by atoms with van der Waals surface area (Å²) < 4.78 is 0. The van der Waals surface area contributed by atoms with Crippen LogP contribution < -0.4 is 10.6 Å². The van der Waals surface area contributed by atoms with Crippen molar-refractivity contribution in [1.82, 2.24) is 15.6 Å². The quantitative estimate of drug-likeness (QED) is 0.784. The van der Waals surface area contributed by atoms with Crippen molar-refractivity contribution in [2.45, 2.75) is 19.4 Å². The zero-order valence-corrected chi connectivity index (χ0v) is 11.8. The molecule has 110 valence electrons. The summed E-state index contributed by atoms with van der Waals surface area (Å²) in [6.45, 7) is 1.11. The Kier molecular flexibility index (Phi) is 3.75. The van der Waals surface area contributed by atoms with Gasteiger partial charge < -0.3 is 15.7 Å². The molecule has 1 aliphatic rings. The highest BCUT2D eigenvalue weighted by atomic mass is 16.3. The summed E-state index contributed by atoms with van der Waals surface area (Å²) in [6, 6.07) is 9.63. The Morgan fingerprint density at radius 1 is 1.24 bits per heavy atom. The van der Waals surface area contributed by atoms with Crippen LogP contribution in [0.25, 0.3) is 10.9 Å². The summed E-state index contributed by atoms with van der Waals surface area (Å²) in [6.07, 6.45) is 3.72. The number of nitrogens with one attached hydrogen (secondary N) is 2. The van der Waals surface area contributed by atoms with Gasteiger partial charge in [-0.2, -0.15) is 0 Å². The van der Waals surface area contributed by atoms with E-state index in [0.29, 0.717) is 13.1 Å². The second kappa shape index (κ2) is 5.69. The summed E-state index contributed by atoms with van der Waals surface area (Å²) >= 11 is 0. The van der Waals surface area contributed by atoms with Crippen LogP contribution in [-0.2, 0) is 6.54 Å². The van der Waals surface area contributed by atoms with E-state index in [1.165, 1.54) is 0 Å². The molecule has 5 heteroatoms. The van der Waals surface area contributed by atoms with E-state index in [0.717, 1.165) is 29.3 Å². The van der Waals surface area contributed by atoms with Gasteiger partial charge in [-0.05, 0) is 24.5 Å². The fourth-order valence-electron chi connectivity index (χ4n) is 2.38. The highest BCUT2D eigenvalue weighted by Gasteiger charge is 2.42. The molecule has 0 unspecified atom stereocenters. The average Bonchev–Trinajstić information content (AvgIpc) is 3.31. The Morgan fingerprint density at radius 2 is 2.05 bits per heavy atom. The molecule has 21 heavy (non-hydrogen) atoms. The predicted octanol–water partition coefficient (Wildman–Crippen LogP) is 1.81. The lowest BCUT2D eigenvalue weighted by Gasteiger charge is -2.13. The largest absolute Gasteiger partial charge is 0.396 e. The van der Waals surface area contributed by atoms with Crippen LogP contribution in [-0.4, -0.2) is 29.3 Å². The number of rotatable bonds is 5. The SMILES string of the molecule is O=C(NCc1cccc2cccnc12)NCC1(CO)CC1. The van der Waals surface area contributed by atoms with E-state index >= 15 is 0 Å². The topological polar surface area (TPSA) is 74.2 Å². The molecule has 0 spiro atoms. The summed E-state index contributed by atoms with van der Waals surface area (Å²) in [5.74, 6) is 0. The number of aliphatic hydroxyl groups excluding tert-OH is 1. The number of fused-ring (bicyclic) bond motifs is 1. The van der Waals surface area contributed by atoms with Crippen molar-refractivity contribution in [3.8, 4) is 0 Å². The molecule has 2 amide bonds. The number of carbonyl (C=O) groups excluding carboxylic acids is 1. The van der Waals surface area contributed by atoms with Crippen LogP contribution in [0.2, 0.25) is 0 Å². The first-order valence-electron chi connectivity index (χ1n) is 7.18. The third-order valence-electron chi connectivity index (χ3n) is 4.07. The summed E-state index contributed by atoms with van der Waals surface area (Å²) in [5, 5.41) is 15.9. The van der Waals surface area contributed by atoms with Gasteiger partial charge in [-0.25, -0.2) is 4.79 Å². The van der Waals surface area contributed by atoms with Gasteiger partial charge in [-0.15, -0.1) is 0 Å². The fourth-order valence-corrected chi connectivity index (χ4v) is 2.38. The number of aromatic nitrogens is 1. The van der Waals surface area contributed by atoms with E-state index in [2.05, 4.69) is 15.6 Å². The van der Waals surface area contributed by atoms with Gasteiger partial charge in [0.15, 0.2) is 0 Å². The standard InChI is InChI=1S/C16H19N3O2/c20-11-16(6-7-16)10-19-15(21)18-9-13-4-1-3-12-5-2-8-17-14(12)13/h1-5,8,20H,6-7,9-11H2,(H2,18,19,21). The predicted molar refractivity (Wildman–Crippen MR) is 80.7 cm³/mol. The minimum atomic E-state index is -0.206. The Morgan fingerprint density at radius 3 is 2.81 bits per heavy atom. The molecular weight excluding hydrogens is 266 g/mol.